The van der Waals surface area contributed by atoms with Crippen LogP contribution in [0.4, 0.5) is 0 Å². The number of nitrogens with zero attached hydrogens (tertiary/aromatic N) is 8. The quantitative estimate of drug-likeness (QED) is 0.130. The second kappa shape index (κ2) is 14.4. The first kappa shape index (κ1) is 33.3. The highest BCUT2D eigenvalue weighted by Crippen LogP contribution is 2.42. The fourth-order valence-electron chi connectivity index (χ4n) is 7.35. The minimum absolute atomic E-state index is 0.0603. The molecule has 260 valence electrons. The monoisotopic (exact) mass is 820 g/mol. The maximum atomic E-state index is 4.58. The largest absolute Gasteiger partial charge is 0.341 e. The average Bonchev–Trinajstić information content (AvgIpc) is 3.97. The van der Waals surface area contributed by atoms with Gasteiger partial charge in [0.05, 0.1) is 38.6 Å². The predicted octanol–water partition coefficient (Wildman–Crippen LogP) is 9.68. The first-order valence-electron chi connectivity index (χ1n) is 17.5. The van der Waals surface area contributed by atoms with Gasteiger partial charge < -0.3 is 9.13 Å². The van der Waals surface area contributed by atoms with Crippen LogP contribution in [-0.2, 0) is 26.2 Å². The molecule has 0 aliphatic rings. The normalized spacial score (nSPS) is 11.7. The summed E-state index contributed by atoms with van der Waals surface area (Å²) in [6.45, 7) is 2.55. The number of benzene rings is 5. The summed E-state index contributed by atoms with van der Waals surface area (Å²) in [6.07, 6.45) is 8.71. The third-order valence-corrected chi connectivity index (χ3v) is 10.7. The molecule has 4 aromatic heterocycles. The van der Waals surface area contributed by atoms with E-state index in [0.717, 1.165) is 31.4 Å². The summed E-state index contributed by atoms with van der Waals surface area (Å²) in [6, 6.07) is 44.6. The van der Waals surface area contributed by atoms with E-state index in [1.165, 1.54) is 38.6 Å². The van der Waals surface area contributed by atoms with Crippen LogP contribution in [0.5, 0.6) is 0 Å². The lowest BCUT2D eigenvalue weighted by atomic mass is 9.85. The molecule has 0 N–H and O–H groups in total. The Kier molecular flexibility index (Phi) is 9.07. The Bertz CT molecular complexity index is 2490. The van der Waals surface area contributed by atoms with Gasteiger partial charge in [-0.05, 0) is 64.2 Å². The Morgan fingerprint density at radius 1 is 0.472 bits per heavy atom. The molecule has 0 bridgehead atoms. The molecule has 53 heavy (non-hydrogen) atoms. The fourth-order valence-corrected chi connectivity index (χ4v) is 8.08. The lowest BCUT2D eigenvalue weighted by molar-refractivity contribution is 0.649. The summed E-state index contributed by atoms with van der Waals surface area (Å²) in [7, 11) is 0. The molecule has 8 nitrogen and oxygen atoms in total. The molecule has 0 saturated heterocycles. The Labute approximate surface area is 323 Å². The van der Waals surface area contributed by atoms with Gasteiger partial charge in [-0.15, -0.1) is 10.2 Å². The van der Waals surface area contributed by atoms with Crippen LogP contribution in [0.15, 0.2) is 161 Å². The lowest BCUT2D eigenvalue weighted by Crippen LogP contribution is -2.04. The molecule has 0 atom stereocenters. The first-order valence-corrected chi connectivity index (χ1v) is 19.1. The van der Waals surface area contributed by atoms with Crippen LogP contribution in [0, 0.1) is 0 Å². The van der Waals surface area contributed by atoms with E-state index in [1.807, 2.05) is 33.9 Å². The van der Waals surface area contributed by atoms with E-state index in [-0.39, 0.29) is 5.92 Å². The Morgan fingerprint density at radius 2 is 0.906 bits per heavy atom. The second-order valence-electron chi connectivity index (χ2n) is 13.4. The van der Waals surface area contributed by atoms with E-state index in [0.29, 0.717) is 26.2 Å². The van der Waals surface area contributed by atoms with E-state index < -0.39 is 0 Å². The smallest absolute Gasteiger partial charge is 0.102 e. The lowest BCUT2D eigenvalue weighted by Gasteiger charge is -2.17. The van der Waals surface area contributed by atoms with Gasteiger partial charge in [-0.3, -0.25) is 0 Å². The molecule has 9 rings (SSSR count). The molecule has 0 radical (unpaired) electrons. The highest BCUT2D eigenvalue weighted by atomic mass is 79.9. The van der Waals surface area contributed by atoms with Crippen LogP contribution in [0.1, 0.15) is 45.1 Å². The number of rotatable bonds is 11. The van der Waals surface area contributed by atoms with Gasteiger partial charge >= 0.3 is 0 Å². The van der Waals surface area contributed by atoms with Crippen molar-refractivity contribution in [2.24, 2.45) is 0 Å². The Balaban J connectivity index is 1.12. The van der Waals surface area contributed by atoms with Crippen LogP contribution in [-0.4, -0.2) is 39.1 Å². The minimum Gasteiger partial charge on any atom is -0.341 e. The fraction of sp³-hybridized carbons (Fsp3) is 0.116. The van der Waals surface area contributed by atoms with Crippen LogP contribution < -0.4 is 0 Å². The van der Waals surface area contributed by atoms with Crippen molar-refractivity contribution in [2.45, 2.75) is 32.1 Å². The molecule has 0 spiro atoms. The van der Waals surface area contributed by atoms with Crippen LogP contribution in [0.25, 0.3) is 21.8 Å². The van der Waals surface area contributed by atoms with Gasteiger partial charge in [-0.2, -0.15) is 0 Å². The Hall–Kier alpha value is -5.58. The van der Waals surface area contributed by atoms with Crippen LogP contribution in [0.3, 0.4) is 0 Å². The average molecular weight is 823 g/mol. The van der Waals surface area contributed by atoms with E-state index in [1.54, 1.807) is 0 Å². The zero-order chi connectivity index (χ0) is 35.7. The molecule has 0 aliphatic carbocycles. The third kappa shape index (κ3) is 7.00. The van der Waals surface area contributed by atoms with Crippen molar-refractivity contribution < 1.29 is 0 Å². The van der Waals surface area contributed by atoms with Crippen molar-refractivity contribution in [3.05, 3.63) is 200 Å². The number of aromatic nitrogens is 8. The van der Waals surface area contributed by atoms with E-state index in [2.05, 4.69) is 189 Å². The highest BCUT2D eigenvalue weighted by molar-refractivity contribution is 9.10. The van der Waals surface area contributed by atoms with Gasteiger partial charge in [0.15, 0.2) is 0 Å². The molecular weight excluding hydrogens is 788 g/mol. The molecule has 0 amide bonds. The van der Waals surface area contributed by atoms with Gasteiger partial charge in [0.2, 0.25) is 0 Å². The number of hydrogen-bond donors (Lipinski definition) is 0. The molecule has 5 aromatic carbocycles. The van der Waals surface area contributed by atoms with E-state index >= 15 is 0 Å². The SMILES string of the molecule is Brc1ccc2c(c1)c(C(c1ccccc1)c1cn(Cc3cn(Cc4ccccc4)nn3)c3ccc(Br)cc13)cn2Cc1cn(Cc2ccccc2)nn1. The van der Waals surface area contributed by atoms with Crippen molar-refractivity contribution >= 4 is 53.7 Å². The van der Waals surface area contributed by atoms with Gasteiger partial charge in [0.1, 0.15) is 11.4 Å². The molecule has 10 heteroatoms. The standard InChI is InChI=1S/C43H34Br2N8/c44-33-16-18-41-37(20-33)39(28-50(41)24-35-26-52(48-46-35)22-30-10-4-1-5-11-30)43(32-14-8-3-9-15-32)40-29-51(42-19-17-34(45)21-38(40)42)25-36-27-53(49-47-36)23-31-12-6-2-7-13-31/h1-21,26-29,43H,22-25H2. The van der Waals surface area contributed by atoms with Gasteiger partial charge in [0.25, 0.3) is 0 Å². The van der Waals surface area contributed by atoms with Crippen molar-refractivity contribution in [2.75, 3.05) is 0 Å². The highest BCUT2D eigenvalue weighted by Gasteiger charge is 2.26. The van der Waals surface area contributed by atoms with Gasteiger partial charge in [0, 0.05) is 49.1 Å². The summed E-state index contributed by atoms with van der Waals surface area (Å²) in [5, 5.41) is 20.5. The molecule has 0 aliphatic heterocycles. The third-order valence-electron chi connectivity index (χ3n) is 9.71. The summed E-state index contributed by atoms with van der Waals surface area (Å²) in [5.74, 6) is -0.0603. The van der Waals surface area contributed by atoms with Crippen molar-refractivity contribution in [3.8, 4) is 0 Å². The predicted molar refractivity (Wildman–Crippen MR) is 216 cm³/mol. The minimum atomic E-state index is -0.0603. The summed E-state index contributed by atoms with van der Waals surface area (Å²) in [5.41, 5.74) is 10.1. The van der Waals surface area contributed by atoms with Crippen LogP contribution >= 0.6 is 31.9 Å². The Morgan fingerprint density at radius 3 is 1.36 bits per heavy atom. The second-order valence-corrected chi connectivity index (χ2v) is 15.2. The molecule has 0 fully saturated rings. The first-order chi connectivity index (χ1) is 26.0. The van der Waals surface area contributed by atoms with Crippen LogP contribution in [0.2, 0.25) is 0 Å². The maximum Gasteiger partial charge on any atom is 0.102 e. The topological polar surface area (TPSA) is 71.3 Å². The van der Waals surface area contributed by atoms with Gasteiger partial charge in [-0.1, -0.05) is 133 Å². The van der Waals surface area contributed by atoms with E-state index in [4.69, 9.17) is 0 Å². The summed E-state index contributed by atoms with van der Waals surface area (Å²) in [4.78, 5) is 0. The van der Waals surface area contributed by atoms with Crippen molar-refractivity contribution in [1.82, 2.24) is 39.1 Å². The van der Waals surface area contributed by atoms with Gasteiger partial charge in [-0.25, -0.2) is 9.36 Å². The van der Waals surface area contributed by atoms with Crippen molar-refractivity contribution in [1.29, 1.82) is 0 Å². The zero-order valence-electron chi connectivity index (χ0n) is 28.7. The molecule has 0 saturated carbocycles. The van der Waals surface area contributed by atoms with Crippen molar-refractivity contribution in [3.63, 3.8) is 0 Å². The molecule has 4 heterocycles. The van der Waals surface area contributed by atoms with E-state index in [9.17, 15) is 0 Å². The number of fused-ring (bicyclic) bond motifs is 2. The molecular formula is C43H34Br2N8. The summed E-state index contributed by atoms with van der Waals surface area (Å²) >= 11 is 7.58. The summed E-state index contributed by atoms with van der Waals surface area (Å²) < 4.78 is 10.5. The number of halogens is 2. The number of hydrogen-bond acceptors (Lipinski definition) is 4. The molecule has 9 aromatic rings. The maximum absolute atomic E-state index is 4.58. The molecule has 0 unspecified atom stereocenters. The zero-order valence-corrected chi connectivity index (χ0v) is 31.8.